The van der Waals surface area contributed by atoms with Crippen molar-refractivity contribution >= 4 is 5.91 Å². The van der Waals surface area contributed by atoms with Crippen molar-refractivity contribution in [2.75, 3.05) is 0 Å². The molecule has 0 aliphatic rings. The Bertz CT molecular complexity index is 152. The van der Waals surface area contributed by atoms with Crippen molar-refractivity contribution in [1.29, 1.82) is 0 Å². The summed E-state index contributed by atoms with van der Waals surface area (Å²) in [5.74, 6) is -0.412. The molecule has 9 heavy (non-hydrogen) atoms. The monoisotopic (exact) mass is 125 g/mol. The summed E-state index contributed by atoms with van der Waals surface area (Å²) >= 11 is 0. The van der Waals surface area contributed by atoms with E-state index < -0.39 is 5.91 Å². The first kappa shape index (κ1) is 7.95. The van der Waals surface area contributed by atoms with Gasteiger partial charge in [0, 0.05) is 5.57 Å². The number of hydrogen-bond donors (Lipinski definition) is 1. The van der Waals surface area contributed by atoms with Crippen LogP contribution in [0.5, 0.6) is 0 Å². The van der Waals surface area contributed by atoms with Gasteiger partial charge in [0.05, 0.1) is 0 Å². The predicted octanol–water partition coefficient (Wildman–Crippen LogP) is 0.994. The Morgan fingerprint density at radius 2 is 2.11 bits per heavy atom. The van der Waals surface area contributed by atoms with Crippen LogP contribution in [0.3, 0.4) is 0 Å². The molecule has 0 saturated heterocycles. The third-order valence-electron chi connectivity index (χ3n) is 1.01. The molecule has 0 radical (unpaired) electrons. The largest absolute Gasteiger partial charge is 0.366 e. The van der Waals surface area contributed by atoms with Gasteiger partial charge in [0.1, 0.15) is 0 Å². The van der Waals surface area contributed by atoms with E-state index in [9.17, 15) is 4.79 Å². The van der Waals surface area contributed by atoms with Gasteiger partial charge in [-0.3, -0.25) is 4.79 Å². The average molecular weight is 125 g/mol. The van der Waals surface area contributed by atoms with Crippen LogP contribution in [-0.4, -0.2) is 5.91 Å². The van der Waals surface area contributed by atoms with Crippen LogP contribution in [0.2, 0.25) is 0 Å². The molecule has 0 bridgehead atoms. The first-order chi connectivity index (χ1) is 4.09. The molecule has 0 saturated carbocycles. The molecule has 2 heteroatoms. The maximum atomic E-state index is 10.5. The highest BCUT2D eigenvalue weighted by Gasteiger charge is 2.01. The van der Waals surface area contributed by atoms with Crippen LogP contribution >= 0.6 is 0 Å². The van der Waals surface area contributed by atoms with E-state index in [4.69, 9.17) is 5.73 Å². The van der Waals surface area contributed by atoms with E-state index in [1.807, 2.05) is 0 Å². The highest BCUT2D eigenvalue weighted by Crippen LogP contribution is 2.03. The molecular formula is C7H11NO. The summed E-state index contributed by atoms with van der Waals surface area (Å²) in [6.45, 7) is 7.09. The van der Waals surface area contributed by atoms with Crippen LogP contribution in [0, 0.1) is 0 Å². The van der Waals surface area contributed by atoms with Gasteiger partial charge in [-0.1, -0.05) is 12.7 Å². The maximum Gasteiger partial charge on any atom is 0.248 e. The van der Waals surface area contributed by atoms with Gasteiger partial charge in [-0.25, -0.2) is 0 Å². The summed E-state index contributed by atoms with van der Waals surface area (Å²) in [6.07, 6.45) is 1.66. The second-order valence-electron chi connectivity index (χ2n) is 1.85. The van der Waals surface area contributed by atoms with E-state index >= 15 is 0 Å². The molecule has 1 amide bonds. The van der Waals surface area contributed by atoms with Crippen LogP contribution in [0.1, 0.15) is 13.8 Å². The quantitative estimate of drug-likeness (QED) is 0.434. The lowest BCUT2D eigenvalue weighted by atomic mass is 10.1. The molecule has 0 atom stereocenters. The molecule has 0 aromatic heterocycles. The Labute approximate surface area is 55.1 Å². The van der Waals surface area contributed by atoms with Crippen LogP contribution < -0.4 is 5.73 Å². The van der Waals surface area contributed by atoms with Gasteiger partial charge in [-0.2, -0.15) is 0 Å². The molecule has 0 aromatic rings. The van der Waals surface area contributed by atoms with Crippen LogP contribution in [-0.2, 0) is 4.79 Å². The molecule has 2 nitrogen and oxygen atoms in total. The van der Waals surface area contributed by atoms with E-state index in [-0.39, 0.29) is 0 Å². The summed E-state index contributed by atoms with van der Waals surface area (Å²) in [6, 6.07) is 0. The Morgan fingerprint density at radius 1 is 1.67 bits per heavy atom. The smallest absolute Gasteiger partial charge is 0.248 e. The first-order valence-corrected chi connectivity index (χ1v) is 2.71. The van der Waals surface area contributed by atoms with Crippen molar-refractivity contribution in [1.82, 2.24) is 0 Å². The summed E-state index contributed by atoms with van der Waals surface area (Å²) in [7, 11) is 0. The van der Waals surface area contributed by atoms with E-state index in [2.05, 4.69) is 6.58 Å². The standard InChI is InChI=1S/C7H11NO/c1-4-6(5(2)3)7(8)9/h4H,2H2,1,3H3,(H2,8,9)/b6-4-. The minimum Gasteiger partial charge on any atom is -0.366 e. The molecule has 50 valence electrons. The summed E-state index contributed by atoms with van der Waals surface area (Å²) in [5, 5.41) is 0. The van der Waals surface area contributed by atoms with Gasteiger partial charge >= 0.3 is 0 Å². The van der Waals surface area contributed by atoms with Gasteiger partial charge in [0.15, 0.2) is 0 Å². The van der Waals surface area contributed by atoms with Gasteiger partial charge < -0.3 is 5.73 Å². The van der Waals surface area contributed by atoms with Crippen LogP contribution in [0.4, 0.5) is 0 Å². The molecule has 0 fully saturated rings. The average Bonchev–Trinajstić information content (AvgIpc) is 1.64. The second-order valence-corrected chi connectivity index (χ2v) is 1.85. The highest BCUT2D eigenvalue weighted by atomic mass is 16.1. The second kappa shape index (κ2) is 3.07. The number of rotatable bonds is 2. The number of primary amides is 1. The molecule has 0 aliphatic heterocycles. The lowest BCUT2D eigenvalue weighted by molar-refractivity contribution is -0.114. The zero-order chi connectivity index (χ0) is 7.44. The summed E-state index contributed by atoms with van der Waals surface area (Å²) in [4.78, 5) is 10.5. The number of nitrogens with two attached hydrogens (primary N) is 1. The maximum absolute atomic E-state index is 10.5. The third-order valence-corrected chi connectivity index (χ3v) is 1.01. The van der Waals surface area contributed by atoms with Gasteiger partial charge in [0.25, 0.3) is 0 Å². The molecule has 0 aliphatic carbocycles. The van der Waals surface area contributed by atoms with E-state index in [0.717, 1.165) is 0 Å². The SMILES string of the molecule is C=C(C)/C(=C/C)C(N)=O. The number of allylic oxidation sites excluding steroid dienone is 1. The fourth-order valence-electron chi connectivity index (χ4n) is 0.599. The highest BCUT2D eigenvalue weighted by molar-refractivity contribution is 5.95. The molecule has 0 spiro atoms. The van der Waals surface area contributed by atoms with Crippen LogP contribution in [0.25, 0.3) is 0 Å². The van der Waals surface area contributed by atoms with Crippen molar-refractivity contribution in [3.8, 4) is 0 Å². The molecule has 2 N–H and O–H groups in total. The predicted molar refractivity (Wildman–Crippen MR) is 37.8 cm³/mol. The Balaban J connectivity index is 4.38. The lowest BCUT2D eigenvalue weighted by Crippen LogP contribution is -2.13. The first-order valence-electron chi connectivity index (χ1n) is 2.71. The number of amides is 1. The molecule has 0 heterocycles. The zero-order valence-corrected chi connectivity index (χ0v) is 5.77. The Hall–Kier alpha value is -1.05. The molecule has 0 aromatic carbocycles. The van der Waals surface area contributed by atoms with Crippen molar-refractivity contribution in [2.45, 2.75) is 13.8 Å². The fourth-order valence-corrected chi connectivity index (χ4v) is 0.599. The summed E-state index contributed by atoms with van der Waals surface area (Å²) in [5.41, 5.74) is 6.20. The van der Waals surface area contributed by atoms with Crippen molar-refractivity contribution < 1.29 is 4.79 Å². The van der Waals surface area contributed by atoms with E-state index in [1.54, 1.807) is 19.9 Å². The number of carbonyl (C=O) groups excluding carboxylic acids is 1. The normalized spacial score (nSPS) is 11.1. The minimum atomic E-state index is -0.412. The van der Waals surface area contributed by atoms with Crippen molar-refractivity contribution in [3.63, 3.8) is 0 Å². The Kier molecular flexibility index (Phi) is 2.71. The minimum absolute atomic E-state index is 0.412. The lowest BCUT2D eigenvalue weighted by Gasteiger charge is -1.97. The van der Waals surface area contributed by atoms with Gasteiger partial charge in [-0.15, -0.1) is 0 Å². The summed E-state index contributed by atoms with van der Waals surface area (Å²) < 4.78 is 0. The fraction of sp³-hybridized carbons (Fsp3) is 0.286. The van der Waals surface area contributed by atoms with Crippen molar-refractivity contribution in [2.24, 2.45) is 5.73 Å². The zero-order valence-electron chi connectivity index (χ0n) is 5.77. The number of hydrogen-bond acceptors (Lipinski definition) is 1. The van der Waals surface area contributed by atoms with Crippen molar-refractivity contribution in [3.05, 3.63) is 23.8 Å². The number of carbonyl (C=O) groups is 1. The molecule has 0 unspecified atom stereocenters. The molecular weight excluding hydrogens is 114 g/mol. The van der Waals surface area contributed by atoms with E-state index in [1.165, 1.54) is 0 Å². The molecule has 0 rings (SSSR count). The van der Waals surface area contributed by atoms with E-state index in [0.29, 0.717) is 11.1 Å². The van der Waals surface area contributed by atoms with Crippen LogP contribution in [0.15, 0.2) is 23.8 Å². The van der Waals surface area contributed by atoms with Gasteiger partial charge in [-0.05, 0) is 19.4 Å². The Morgan fingerprint density at radius 3 is 2.11 bits per heavy atom. The topological polar surface area (TPSA) is 43.1 Å². The third kappa shape index (κ3) is 2.13. The van der Waals surface area contributed by atoms with Gasteiger partial charge in [0.2, 0.25) is 5.91 Å².